The van der Waals surface area contributed by atoms with Gasteiger partial charge in [-0.1, -0.05) is 6.92 Å². The van der Waals surface area contributed by atoms with Crippen molar-refractivity contribution in [1.29, 1.82) is 0 Å². The number of aromatic nitrogens is 1. The maximum Gasteiger partial charge on any atom is 0.0569 e. The first-order valence-corrected chi connectivity index (χ1v) is 7.33. The van der Waals surface area contributed by atoms with Crippen LogP contribution in [0.1, 0.15) is 32.0 Å². The van der Waals surface area contributed by atoms with Crippen LogP contribution in [0.4, 0.5) is 5.69 Å². The maximum absolute atomic E-state index is 5.81. The van der Waals surface area contributed by atoms with Crippen LogP contribution in [0.5, 0.6) is 0 Å². The number of rotatable bonds is 3. The normalized spacial score (nSPS) is 22.5. The molecule has 0 aromatic carbocycles. The third-order valence-electron chi connectivity index (χ3n) is 3.20. The summed E-state index contributed by atoms with van der Waals surface area (Å²) in [4.78, 5) is 6.86. The van der Waals surface area contributed by atoms with Crippen LogP contribution in [0, 0.1) is 0 Å². The molecule has 3 nitrogen and oxygen atoms in total. The van der Waals surface area contributed by atoms with Gasteiger partial charge < -0.3 is 10.6 Å². The molecule has 1 aliphatic heterocycles. The Balaban J connectivity index is 2.06. The van der Waals surface area contributed by atoms with Crippen LogP contribution < -0.4 is 10.6 Å². The molecule has 0 spiro atoms. The van der Waals surface area contributed by atoms with Gasteiger partial charge >= 0.3 is 0 Å². The quantitative estimate of drug-likeness (QED) is 0.896. The van der Waals surface area contributed by atoms with Gasteiger partial charge in [0.05, 0.1) is 17.6 Å². The van der Waals surface area contributed by atoms with Gasteiger partial charge in [-0.25, -0.2) is 0 Å². The fourth-order valence-corrected chi connectivity index (χ4v) is 3.23. The van der Waals surface area contributed by atoms with E-state index in [1.165, 1.54) is 17.9 Å². The van der Waals surface area contributed by atoms with E-state index in [0.717, 1.165) is 24.0 Å². The number of nitrogens with zero attached hydrogens (tertiary/aromatic N) is 2. The monoisotopic (exact) mass is 251 g/mol. The van der Waals surface area contributed by atoms with Crippen LogP contribution in [0.25, 0.3) is 0 Å². The molecule has 1 aromatic heterocycles. The maximum atomic E-state index is 5.81. The molecule has 1 saturated heterocycles. The number of thioether (sulfide) groups is 1. The molecule has 2 rings (SSSR count). The van der Waals surface area contributed by atoms with E-state index in [1.807, 2.05) is 19.2 Å². The topological polar surface area (TPSA) is 42.1 Å². The van der Waals surface area contributed by atoms with Gasteiger partial charge in [0.25, 0.3) is 0 Å². The number of hydrogen-bond acceptors (Lipinski definition) is 4. The van der Waals surface area contributed by atoms with Gasteiger partial charge in [-0.3, -0.25) is 4.98 Å². The van der Waals surface area contributed by atoms with Gasteiger partial charge in [0, 0.05) is 30.1 Å². The van der Waals surface area contributed by atoms with Crippen LogP contribution in [0.3, 0.4) is 0 Å². The van der Waals surface area contributed by atoms with Gasteiger partial charge in [-0.15, -0.1) is 0 Å². The van der Waals surface area contributed by atoms with E-state index in [-0.39, 0.29) is 6.04 Å². The smallest absolute Gasteiger partial charge is 0.0569 e. The van der Waals surface area contributed by atoms with E-state index in [4.69, 9.17) is 5.73 Å². The highest BCUT2D eigenvalue weighted by atomic mass is 32.2. The summed E-state index contributed by atoms with van der Waals surface area (Å²) >= 11 is 2.09. The van der Waals surface area contributed by atoms with E-state index >= 15 is 0 Å². The van der Waals surface area contributed by atoms with E-state index < -0.39 is 0 Å². The molecule has 4 heteroatoms. The summed E-state index contributed by atoms with van der Waals surface area (Å²) in [5, 5.41) is 0.761. The second-order valence-corrected chi connectivity index (χ2v) is 5.99. The van der Waals surface area contributed by atoms with E-state index in [1.54, 1.807) is 0 Å². The minimum Gasteiger partial charge on any atom is -0.368 e. The lowest BCUT2D eigenvalue weighted by atomic mass is 10.2. The molecular weight excluding hydrogens is 230 g/mol. The molecule has 1 aliphatic rings. The lowest BCUT2D eigenvalue weighted by Gasteiger charge is -2.33. The van der Waals surface area contributed by atoms with Gasteiger partial charge in [0.2, 0.25) is 0 Å². The molecule has 1 aromatic rings. The summed E-state index contributed by atoms with van der Waals surface area (Å²) in [7, 11) is 0. The number of nitrogens with two attached hydrogens (primary N) is 1. The first-order chi connectivity index (χ1) is 8.20. The fraction of sp³-hybridized carbons (Fsp3) is 0.615. The zero-order valence-corrected chi connectivity index (χ0v) is 11.4. The Kier molecular flexibility index (Phi) is 4.29. The average molecular weight is 251 g/mol. The van der Waals surface area contributed by atoms with Crippen molar-refractivity contribution in [3.8, 4) is 0 Å². The van der Waals surface area contributed by atoms with Crippen LogP contribution in [0.2, 0.25) is 0 Å². The summed E-state index contributed by atoms with van der Waals surface area (Å²) in [6.07, 6.45) is 3.20. The van der Waals surface area contributed by atoms with Gasteiger partial charge in [-0.2, -0.15) is 11.8 Å². The predicted molar refractivity (Wildman–Crippen MR) is 75.6 cm³/mol. The highest BCUT2D eigenvalue weighted by Crippen LogP contribution is 2.25. The van der Waals surface area contributed by atoms with Crippen molar-refractivity contribution in [2.75, 3.05) is 23.7 Å². The largest absolute Gasteiger partial charge is 0.368 e. The molecule has 94 valence electrons. The van der Waals surface area contributed by atoms with Gasteiger partial charge in [-0.05, 0) is 25.5 Å². The summed E-state index contributed by atoms with van der Waals surface area (Å²) in [6, 6.07) is 4.21. The highest BCUT2D eigenvalue weighted by molar-refractivity contribution is 8.00. The highest BCUT2D eigenvalue weighted by Gasteiger charge is 2.19. The van der Waals surface area contributed by atoms with Crippen LogP contribution >= 0.6 is 11.8 Å². The molecule has 0 radical (unpaired) electrons. The Hall–Kier alpha value is -0.740. The molecule has 0 aliphatic carbocycles. The number of anilines is 1. The second-order valence-electron chi connectivity index (χ2n) is 4.58. The minimum absolute atomic E-state index is 0.0179. The SMILES string of the molecule is CCC1CN(c2ccc([C@@H](C)N)nc2)CCS1. The van der Waals surface area contributed by atoms with Crippen molar-refractivity contribution in [2.45, 2.75) is 31.6 Å². The van der Waals surface area contributed by atoms with Crippen molar-refractivity contribution >= 4 is 17.4 Å². The Morgan fingerprint density at radius 1 is 1.59 bits per heavy atom. The Bertz CT molecular complexity index is 350. The first kappa shape index (κ1) is 12.7. The van der Waals surface area contributed by atoms with Crippen molar-refractivity contribution < 1.29 is 0 Å². The zero-order valence-electron chi connectivity index (χ0n) is 10.6. The van der Waals surface area contributed by atoms with Crippen molar-refractivity contribution in [3.05, 3.63) is 24.0 Å². The summed E-state index contributed by atoms with van der Waals surface area (Å²) in [5.74, 6) is 1.22. The molecule has 1 unspecified atom stereocenters. The first-order valence-electron chi connectivity index (χ1n) is 6.28. The van der Waals surface area contributed by atoms with Gasteiger partial charge in [0.1, 0.15) is 0 Å². The lowest BCUT2D eigenvalue weighted by molar-refractivity contribution is 0.723. The zero-order chi connectivity index (χ0) is 12.3. The van der Waals surface area contributed by atoms with Crippen molar-refractivity contribution in [1.82, 2.24) is 4.98 Å². The number of hydrogen-bond donors (Lipinski definition) is 1. The molecule has 17 heavy (non-hydrogen) atoms. The Labute approximate surface area is 108 Å². The predicted octanol–water partition coefficient (Wildman–Crippen LogP) is 2.43. The third-order valence-corrected chi connectivity index (χ3v) is 4.57. The molecule has 1 fully saturated rings. The standard InChI is InChI=1S/C13H21N3S/c1-3-12-9-16(6-7-17-12)11-4-5-13(10(2)14)15-8-11/h4-5,8,10,12H,3,6-7,9,14H2,1-2H3/t10-,12?/m1/s1. The summed E-state index contributed by atoms with van der Waals surface area (Å²) < 4.78 is 0. The second kappa shape index (κ2) is 5.74. The fourth-order valence-electron chi connectivity index (χ4n) is 2.05. The molecule has 0 saturated carbocycles. The lowest BCUT2D eigenvalue weighted by Crippen LogP contribution is -2.37. The van der Waals surface area contributed by atoms with Crippen LogP contribution in [-0.2, 0) is 0 Å². The van der Waals surface area contributed by atoms with Crippen molar-refractivity contribution in [3.63, 3.8) is 0 Å². The summed E-state index contributed by atoms with van der Waals surface area (Å²) in [5.41, 5.74) is 8.00. The molecule has 2 heterocycles. The van der Waals surface area contributed by atoms with Crippen molar-refractivity contribution in [2.24, 2.45) is 5.73 Å². The van der Waals surface area contributed by atoms with Crippen LogP contribution in [-0.4, -0.2) is 29.1 Å². The Morgan fingerprint density at radius 3 is 3.00 bits per heavy atom. The van der Waals surface area contributed by atoms with E-state index in [2.05, 4.69) is 34.6 Å². The minimum atomic E-state index is 0.0179. The van der Waals surface area contributed by atoms with Gasteiger partial charge in [0.15, 0.2) is 0 Å². The Morgan fingerprint density at radius 2 is 2.41 bits per heavy atom. The average Bonchev–Trinajstić information content (AvgIpc) is 2.39. The molecule has 0 bridgehead atoms. The van der Waals surface area contributed by atoms with Crippen LogP contribution in [0.15, 0.2) is 18.3 Å². The number of pyridine rings is 1. The van der Waals surface area contributed by atoms with E-state index in [9.17, 15) is 0 Å². The molecule has 2 atom stereocenters. The molecule has 0 amide bonds. The van der Waals surface area contributed by atoms with E-state index in [0.29, 0.717) is 0 Å². The summed E-state index contributed by atoms with van der Waals surface area (Å²) in [6.45, 7) is 6.49. The third kappa shape index (κ3) is 3.13. The molecular formula is C13H21N3S. The molecule has 2 N–H and O–H groups in total.